The first-order chi connectivity index (χ1) is 14.1. The summed E-state index contributed by atoms with van der Waals surface area (Å²) >= 11 is 0. The SMILES string of the molecule is CCOC(=O)Nc1cc(-c2ccco2)nn1C1NC(=O)CC(c2ccccc2)N1. The number of benzene rings is 1. The number of hydrogen-bond acceptors (Lipinski definition) is 6. The van der Waals surface area contributed by atoms with Crippen LogP contribution in [0.15, 0.2) is 59.2 Å². The minimum atomic E-state index is -0.665. The van der Waals surface area contributed by atoms with E-state index < -0.39 is 12.4 Å². The number of nitrogens with zero attached hydrogens (tertiary/aromatic N) is 2. The summed E-state index contributed by atoms with van der Waals surface area (Å²) < 4.78 is 11.9. The molecule has 1 aliphatic heterocycles. The summed E-state index contributed by atoms with van der Waals surface area (Å²) in [6, 6.07) is 14.7. The van der Waals surface area contributed by atoms with Gasteiger partial charge in [0, 0.05) is 18.5 Å². The van der Waals surface area contributed by atoms with Crippen molar-refractivity contribution in [2.45, 2.75) is 25.7 Å². The highest BCUT2D eigenvalue weighted by Gasteiger charge is 2.30. The molecule has 1 saturated heterocycles. The average molecular weight is 395 g/mol. The van der Waals surface area contributed by atoms with Crippen LogP contribution in [0, 0.1) is 0 Å². The van der Waals surface area contributed by atoms with E-state index >= 15 is 0 Å². The second-order valence-corrected chi connectivity index (χ2v) is 6.49. The van der Waals surface area contributed by atoms with Gasteiger partial charge in [-0.25, -0.2) is 9.48 Å². The van der Waals surface area contributed by atoms with Crippen molar-refractivity contribution in [2.24, 2.45) is 0 Å². The molecular weight excluding hydrogens is 374 g/mol. The maximum absolute atomic E-state index is 12.4. The predicted molar refractivity (Wildman–Crippen MR) is 105 cm³/mol. The highest BCUT2D eigenvalue weighted by molar-refractivity contribution is 5.84. The second-order valence-electron chi connectivity index (χ2n) is 6.49. The van der Waals surface area contributed by atoms with Gasteiger partial charge in [0.15, 0.2) is 12.0 Å². The normalized spacial score (nSPS) is 18.9. The molecule has 1 aromatic carbocycles. The zero-order valence-electron chi connectivity index (χ0n) is 15.8. The fraction of sp³-hybridized carbons (Fsp3) is 0.250. The van der Waals surface area contributed by atoms with Crippen molar-refractivity contribution in [3.05, 3.63) is 60.4 Å². The first-order valence-electron chi connectivity index (χ1n) is 9.31. The molecule has 3 N–H and O–H groups in total. The number of amides is 2. The van der Waals surface area contributed by atoms with E-state index in [9.17, 15) is 9.59 Å². The van der Waals surface area contributed by atoms with Crippen molar-refractivity contribution < 1.29 is 18.7 Å². The molecule has 1 fully saturated rings. The molecule has 0 bridgehead atoms. The van der Waals surface area contributed by atoms with Gasteiger partial charge in [0.25, 0.3) is 0 Å². The standard InChI is InChI=1S/C20H21N5O4/c1-2-28-20(27)22-17-11-15(16-9-6-10-29-16)24-25(17)19-21-14(12-18(26)23-19)13-7-4-3-5-8-13/h3-11,14,19,21H,2,12H2,1H3,(H,22,27)(H,23,26). The van der Waals surface area contributed by atoms with Crippen molar-refractivity contribution >= 4 is 17.8 Å². The molecule has 2 amide bonds. The Morgan fingerprint density at radius 1 is 1.31 bits per heavy atom. The van der Waals surface area contributed by atoms with Crippen LogP contribution in [0.5, 0.6) is 0 Å². The van der Waals surface area contributed by atoms with Crippen LogP contribution < -0.4 is 16.0 Å². The summed E-state index contributed by atoms with van der Waals surface area (Å²) in [5.74, 6) is 0.776. The van der Waals surface area contributed by atoms with E-state index in [4.69, 9.17) is 9.15 Å². The summed E-state index contributed by atoms with van der Waals surface area (Å²) in [6.07, 6.45) is 0.565. The van der Waals surface area contributed by atoms with Crippen LogP contribution >= 0.6 is 0 Å². The Hall–Kier alpha value is -3.59. The lowest BCUT2D eigenvalue weighted by Gasteiger charge is -2.32. The number of aromatic nitrogens is 2. The minimum Gasteiger partial charge on any atom is -0.463 e. The summed E-state index contributed by atoms with van der Waals surface area (Å²) in [6.45, 7) is 1.96. The molecule has 0 saturated carbocycles. The van der Waals surface area contributed by atoms with Gasteiger partial charge < -0.3 is 14.5 Å². The first kappa shape index (κ1) is 18.8. The maximum atomic E-state index is 12.4. The van der Waals surface area contributed by atoms with Gasteiger partial charge in [0.05, 0.1) is 12.9 Å². The van der Waals surface area contributed by atoms with E-state index in [1.54, 1.807) is 31.4 Å². The van der Waals surface area contributed by atoms with Gasteiger partial charge in [-0.3, -0.25) is 15.4 Å². The lowest BCUT2D eigenvalue weighted by atomic mass is 10.0. The molecule has 29 heavy (non-hydrogen) atoms. The Balaban J connectivity index is 1.66. The third kappa shape index (κ3) is 4.14. The molecule has 0 spiro atoms. The van der Waals surface area contributed by atoms with Crippen molar-refractivity contribution in [1.29, 1.82) is 0 Å². The van der Waals surface area contributed by atoms with Gasteiger partial charge in [0.1, 0.15) is 11.5 Å². The molecular formula is C20H21N5O4. The molecule has 0 radical (unpaired) electrons. The second kappa shape index (κ2) is 8.19. The van der Waals surface area contributed by atoms with Crippen LogP contribution in [0.1, 0.15) is 31.2 Å². The van der Waals surface area contributed by atoms with Gasteiger partial charge >= 0.3 is 6.09 Å². The molecule has 150 valence electrons. The van der Waals surface area contributed by atoms with Gasteiger partial charge in [-0.2, -0.15) is 5.10 Å². The topological polar surface area (TPSA) is 110 Å². The third-order valence-corrected chi connectivity index (χ3v) is 4.51. The molecule has 9 heteroatoms. The molecule has 9 nitrogen and oxygen atoms in total. The van der Waals surface area contributed by atoms with E-state index in [2.05, 4.69) is 21.0 Å². The lowest BCUT2D eigenvalue weighted by Crippen LogP contribution is -2.50. The number of carbonyl (C=O) groups excluding carboxylic acids is 2. The quantitative estimate of drug-likeness (QED) is 0.613. The van der Waals surface area contributed by atoms with E-state index in [0.717, 1.165) is 5.56 Å². The van der Waals surface area contributed by atoms with Crippen LogP contribution in [-0.4, -0.2) is 28.4 Å². The average Bonchev–Trinajstić information content (AvgIpc) is 3.38. The Morgan fingerprint density at radius 3 is 2.86 bits per heavy atom. The molecule has 2 unspecified atom stereocenters. The minimum absolute atomic E-state index is 0.125. The highest BCUT2D eigenvalue weighted by atomic mass is 16.5. The molecule has 4 rings (SSSR count). The number of anilines is 1. The highest BCUT2D eigenvalue weighted by Crippen LogP contribution is 2.28. The number of carbonyl (C=O) groups is 2. The van der Waals surface area contributed by atoms with Crippen molar-refractivity contribution in [3.63, 3.8) is 0 Å². The van der Waals surface area contributed by atoms with Crippen LogP contribution in [0.4, 0.5) is 10.6 Å². The number of nitrogens with one attached hydrogen (secondary N) is 3. The van der Waals surface area contributed by atoms with E-state index in [0.29, 0.717) is 23.7 Å². The molecule has 3 heterocycles. The zero-order chi connectivity index (χ0) is 20.2. The zero-order valence-corrected chi connectivity index (χ0v) is 15.8. The Morgan fingerprint density at radius 2 is 2.14 bits per heavy atom. The molecule has 1 aliphatic rings. The predicted octanol–water partition coefficient (Wildman–Crippen LogP) is 3.02. The third-order valence-electron chi connectivity index (χ3n) is 4.51. The molecule has 3 aromatic rings. The van der Waals surface area contributed by atoms with Crippen LogP contribution in [0.2, 0.25) is 0 Å². The molecule has 2 atom stereocenters. The lowest BCUT2D eigenvalue weighted by molar-refractivity contribution is -0.125. The number of rotatable bonds is 5. The van der Waals surface area contributed by atoms with Crippen molar-refractivity contribution in [2.75, 3.05) is 11.9 Å². The van der Waals surface area contributed by atoms with Gasteiger partial charge in [-0.15, -0.1) is 0 Å². The van der Waals surface area contributed by atoms with E-state index in [1.807, 2.05) is 30.3 Å². The number of hydrogen-bond donors (Lipinski definition) is 3. The first-order valence-corrected chi connectivity index (χ1v) is 9.31. The summed E-state index contributed by atoms with van der Waals surface area (Å²) in [7, 11) is 0. The summed E-state index contributed by atoms with van der Waals surface area (Å²) in [5.41, 5.74) is 1.50. The van der Waals surface area contributed by atoms with Crippen LogP contribution in [0.3, 0.4) is 0 Å². The van der Waals surface area contributed by atoms with Gasteiger partial charge in [-0.1, -0.05) is 30.3 Å². The summed E-state index contributed by atoms with van der Waals surface area (Å²) in [5, 5.41) is 13.4. The largest absolute Gasteiger partial charge is 0.463 e. The van der Waals surface area contributed by atoms with Gasteiger partial charge in [0.2, 0.25) is 5.91 Å². The molecule has 2 aromatic heterocycles. The summed E-state index contributed by atoms with van der Waals surface area (Å²) in [4.78, 5) is 24.4. The number of furan rings is 1. The Kier molecular flexibility index (Phi) is 5.30. The smallest absolute Gasteiger partial charge is 0.412 e. The van der Waals surface area contributed by atoms with E-state index in [1.165, 1.54) is 4.68 Å². The Labute approximate surface area is 167 Å². The van der Waals surface area contributed by atoms with E-state index in [-0.39, 0.29) is 18.6 Å². The Bertz CT molecular complexity index is 984. The number of ether oxygens (including phenoxy) is 1. The van der Waals surface area contributed by atoms with Crippen LogP contribution in [-0.2, 0) is 9.53 Å². The van der Waals surface area contributed by atoms with Gasteiger partial charge in [-0.05, 0) is 24.6 Å². The fourth-order valence-corrected chi connectivity index (χ4v) is 3.22. The maximum Gasteiger partial charge on any atom is 0.412 e. The van der Waals surface area contributed by atoms with Crippen molar-refractivity contribution in [1.82, 2.24) is 20.4 Å². The molecule has 0 aliphatic carbocycles. The van der Waals surface area contributed by atoms with Crippen molar-refractivity contribution in [3.8, 4) is 11.5 Å². The van der Waals surface area contributed by atoms with Crippen LogP contribution in [0.25, 0.3) is 11.5 Å². The fourth-order valence-electron chi connectivity index (χ4n) is 3.22. The monoisotopic (exact) mass is 395 g/mol.